The van der Waals surface area contributed by atoms with E-state index in [-0.39, 0.29) is 39.7 Å². The Morgan fingerprint density at radius 2 is 1.52 bits per heavy atom. The molecule has 0 heterocycles. The third-order valence-electron chi connectivity index (χ3n) is 3.30. The van der Waals surface area contributed by atoms with Gasteiger partial charge in [-0.3, -0.25) is 9.59 Å². The zero-order chi connectivity index (χ0) is 15.1. The van der Waals surface area contributed by atoms with Gasteiger partial charge in [-0.05, 0) is 12.1 Å². The molecule has 6 heteroatoms. The van der Waals surface area contributed by atoms with Gasteiger partial charge < -0.3 is 16.2 Å². The van der Waals surface area contributed by atoms with E-state index in [1.165, 1.54) is 12.1 Å². The lowest BCUT2D eigenvalue weighted by Gasteiger charge is -2.19. The molecule has 1 aliphatic rings. The van der Waals surface area contributed by atoms with Crippen LogP contribution in [0.1, 0.15) is 31.8 Å². The van der Waals surface area contributed by atoms with Gasteiger partial charge in [0.1, 0.15) is 0 Å². The van der Waals surface area contributed by atoms with Crippen LogP contribution in [0, 0.1) is 0 Å². The largest absolute Gasteiger partial charge is 0.410 e. The first kappa shape index (κ1) is 12.9. The van der Waals surface area contributed by atoms with Gasteiger partial charge in [-0.25, -0.2) is 4.79 Å². The van der Waals surface area contributed by atoms with Crippen molar-refractivity contribution in [2.24, 2.45) is 5.73 Å². The molecule has 1 aliphatic carbocycles. The Balaban J connectivity index is 2.24. The number of hydrogen-bond donors (Lipinski definition) is 2. The topological polar surface area (TPSA) is 112 Å². The molecule has 0 atom stereocenters. The van der Waals surface area contributed by atoms with Crippen LogP contribution in [0.5, 0.6) is 5.75 Å². The summed E-state index contributed by atoms with van der Waals surface area (Å²) in [6.07, 6.45) is -1.04. The van der Waals surface area contributed by atoms with Gasteiger partial charge in [-0.15, -0.1) is 0 Å². The maximum atomic E-state index is 12.5. The van der Waals surface area contributed by atoms with E-state index in [2.05, 4.69) is 0 Å². The van der Waals surface area contributed by atoms with Crippen LogP contribution >= 0.6 is 0 Å². The van der Waals surface area contributed by atoms with Crippen molar-refractivity contribution in [1.29, 1.82) is 0 Å². The second kappa shape index (κ2) is 4.45. The normalized spacial score (nSPS) is 12.6. The van der Waals surface area contributed by atoms with E-state index >= 15 is 0 Å². The molecule has 1 amide bonds. The van der Waals surface area contributed by atoms with Gasteiger partial charge in [0, 0.05) is 16.7 Å². The number of amides is 1. The Labute approximate surface area is 119 Å². The van der Waals surface area contributed by atoms with Crippen LogP contribution in [0.2, 0.25) is 0 Å². The molecule has 2 aromatic carbocycles. The Bertz CT molecular complexity index is 811. The summed E-state index contributed by atoms with van der Waals surface area (Å²) in [7, 11) is 0. The van der Waals surface area contributed by atoms with Crippen LogP contribution in [0.4, 0.5) is 10.5 Å². The lowest BCUT2D eigenvalue weighted by molar-refractivity contribution is 0.0979. The molecule has 0 radical (unpaired) electrons. The average molecular weight is 282 g/mol. The van der Waals surface area contributed by atoms with E-state index in [1.54, 1.807) is 24.3 Å². The summed E-state index contributed by atoms with van der Waals surface area (Å²) in [5.74, 6) is -0.716. The molecule has 0 aliphatic heterocycles. The van der Waals surface area contributed by atoms with Gasteiger partial charge in [0.15, 0.2) is 17.3 Å². The number of nitrogens with two attached hydrogens (primary N) is 2. The van der Waals surface area contributed by atoms with Crippen molar-refractivity contribution in [1.82, 2.24) is 0 Å². The van der Waals surface area contributed by atoms with Gasteiger partial charge in [0.05, 0.1) is 11.3 Å². The molecule has 0 unspecified atom stereocenters. The van der Waals surface area contributed by atoms with Gasteiger partial charge in [0.25, 0.3) is 0 Å². The van der Waals surface area contributed by atoms with Crippen LogP contribution in [0.15, 0.2) is 36.4 Å². The number of ketones is 2. The van der Waals surface area contributed by atoms with Crippen LogP contribution in [0.3, 0.4) is 0 Å². The Morgan fingerprint density at radius 3 is 2.14 bits per heavy atom. The van der Waals surface area contributed by atoms with Crippen molar-refractivity contribution in [3.8, 4) is 5.75 Å². The number of primary amides is 1. The van der Waals surface area contributed by atoms with Crippen LogP contribution in [-0.4, -0.2) is 17.7 Å². The Hall–Kier alpha value is -3.15. The highest BCUT2D eigenvalue weighted by molar-refractivity contribution is 6.30. The number of carbonyl (C=O) groups is 3. The number of benzene rings is 2. The summed E-state index contributed by atoms with van der Waals surface area (Å²) >= 11 is 0. The zero-order valence-electron chi connectivity index (χ0n) is 10.8. The van der Waals surface area contributed by atoms with Crippen molar-refractivity contribution in [2.45, 2.75) is 0 Å². The van der Waals surface area contributed by atoms with E-state index in [0.717, 1.165) is 0 Å². The van der Waals surface area contributed by atoms with E-state index in [9.17, 15) is 14.4 Å². The van der Waals surface area contributed by atoms with Crippen molar-refractivity contribution < 1.29 is 19.1 Å². The maximum Gasteiger partial charge on any atom is 0.410 e. The van der Waals surface area contributed by atoms with E-state index in [4.69, 9.17) is 16.2 Å². The Kier molecular flexibility index (Phi) is 2.72. The van der Waals surface area contributed by atoms with Crippen LogP contribution < -0.4 is 16.2 Å². The lowest BCUT2D eigenvalue weighted by Crippen LogP contribution is -2.23. The summed E-state index contributed by atoms with van der Waals surface area (Å²) in [4.78, 5) is 35.7. The summed E-state index contributed by atoms with van der Waals surface area (Å²) in [5, 5.41) is 0. The zero-order valence-corrected chi connectivity index (χ0v) is 10.8. The van der Waals surface area contributed by atoms with Crippen molar-refractivity contribution in [3.05, 3.63) is 58.7 Å². The summed E-state index contributed by atoms with van der Waals surface area (Å²) in [5.41, 5.74) is 11.6. The minimum Gasteiger partial charge on any atom is -0.408 e. The first-order valence-electron chi connectivity index (χ1n) is 6.09. The molecule has 21 heavy (non-hydrogen) atoms. The molecule has 6 nitrogen and oxygen atoms in total. The molecule has 0 saturated carbocycles. The first-order chi connectivity index (χ1) is 10.0. The SMILES string of the molecule is NC(=O)Oc1ccc2c(c1N)C(=O)c1ccccc1C2=O. The molecular weight excluding hydrogens is 272 g/mol. The number of carbonyl (C=O) groups excluding carboxylic acids is 3. The molecular formula is C15H10N2O4. The van der Waals surface area contributed by atoms with Gasteiger partial charge in [-0.2, -0.15) is 0 Å². The molecule has 0 aromatic heterocycles. The molecule has 0 spiro atoms. The van der Waals surface area contributed by atoms with Gasteiger partial charge in [0.2, 0.25) is 0 Å². The number of nitrogen functional groups attached to an aromatic ring is 1. The highest BCUT2D eigenvalue weighted by Gasteiger charge is 2.32. The predicted octanol–water partition coefficient (Wildman–Crippen LogP) is 1.50. The second-order valence-corrected chi connectivity index (χ2v) is 4.52. The van der Waals surface area contributed by atoms with Crippen LogP contribution in [-0.2, 0) is 0 Å². The summed E-state index contributed by atoms with van der Waals surface area (Å²) in [6.45, 7) is 0. The number of rotatable bonds is 1. The fraction of sp³-hybridized carbons (Fsp3) is 0. The van der Waals surface area contributed by atoms with E-state index < -0.39 is 6.09 Å². The first-order valence-corrected chi connectivity index (χ1v) is 6.09. The summed E-state index contributed by atoms with van der Waals surface area (Å²) < 4.78 is 4.73. The monoisotopic (exact) mass is 282 g/mol. The average Bonchev–Trinajstić information content (AvgIpc) is 2.46. The molecule has 4 N–H and O–H groups in total. The second-order valence-electron chi connectivity index (χ2n) is 4.52. The highest BCUT2D eigenvalue weighted by Crippen LogP contribution is 2.35. The number of hydrogen-bond acceptors (Lipinski definition) is 5. The predicted molar refractivity (Wildman–Crippen MR) is 74.4 cm³/mol. The maximum absolute atomic E-state index is 12.5. The number of anilines is 1. The standard InChI is InChI=1S/C15H10N2O4/c16-12-10(21-15(17)20)6-5-9-11(12)14(19)8-4-2-1-3-7(8)13(9)18/h1-6H,16H2,(H2,17,20). The number of fused-ring (bicyclic) bond motifs is 2. The van der Waals surface area contributed by atoms with Gasteiger partial charge in [-0.1, -0.05) is 24.3 Å². The highest BCUT2D eigenvalue weighted by atomic mass is 16.5. The minimum atomic E-state index is -1.04. The number of ether oxygens (including phenoxy) is 1. The minimum absolute atomic E-state index is 0.0393. The smallest absolute Gasteiger partial charge is 0.408 e. The van der Waals surface area contributed by atoms with E-state index in [1.807, 2.05) is 0 Å². The van der Waals surface area contributed by atoms with Crippen molar-refractivity contribution in [3.63, 3.8) is 0 Å². The van der Waals surface area contributed by atoms with E-state index in [0.29, 0.717) is 5.56 Å². The quantitative estimate of drug-likeness (QED) is 0.657. The van der Waals surface area contributed by atoms with Crippen molar-refractivity contribution >= 4 is 23.3 Å². The fourth-order valence-corrected chi connectivity index (χ4v) is 2.39. The van der Waals surface area contributed by atoms with Gasteiger partial charge >= 0.3 is 6.09 Å². The molecule has 104 valence electrons. The third kappa shape index (κ3) is 1.85. The molecule has 0 bridgehead atoms. The molecule has 3 rings (SSSR count). The third-order valence-corrected chi connectivity index (χ3v) is 3.30. The fourth-order valence-electron chi connectivity index (χ4n) is 2.39. The molecule has 0 fully saturated rings. The van der Waals surface area contributed by atoms with Crippen molar-refractivity contribution in [2.75, 3.05) is 5.73 Å². The lowest BCUT2D eigenvalue weighted by atomic mass is 9.83. The Morgan fingerprint density at radius 1 is 0.905 bits per heavy atom. The molecule has 0 saturated heterocycles. The molecule has 2 aromatic rings. The summed E-state index contributed by atoms with van der Waals surface area (Å²) in [6, 6.07) is 9.23. The van der Waals surface area contributed by atoms with Crippen LogP contribution in [0.25, 0.3) is 0 Å².